The van der Waals surface area contributed by atoms with Crippen LogP contribution in [0.1, 0.15) is 18.3 Å². The van der Waals surface area contributed by atoms with Gasteiger partial charge < -0.3 is 10.6 Å². The van der Waals surface area contributed by atoms with Crippen molar-refractivity contribution in [1.82, 2.24) is 20.6 Å². The van der Waals surface area contributed by atoms with Crippen LogP contribution in [0.15, 0.2) is 11.3 Å². The van der Waals surface area contributed by atoms with Gasteiger partial charge in [0.2, 0.25) is 0 Å². The van der Waals surface area contributed by atoms with E-state index in [-0.39, 0.29) is 5.91 Å². The summed E-state index contributed by atoms with van der Waals surface area (Å²) in [6.07, 6.45) is 1.49. The van der Waals surface area contributed by atoms with Crippen molar-refractivity contribution in [2.45, 2.75) is 20.8 Å². The average molecular weight is 249 g/mol. The summed E-state index contributed by atoms with van der Waals surface area (Å²) in [5.74, 6) is -0.173. The molecule has 1 aromatic rings. The van der Waals surface area contributed by atoms with Crippen molar-refractivity contribution in [3.05, 3.63) is 17.7 Å². The smallest absolute Gasteiger partial charge is 0.265 e. The predicted octanol–water partition coefficient (Wildman–Crippen LogP) is 0.521. The summed E-state index contributed by atoms with van der Waals surface area (Å²) in [7, 11) is 1.83. The molecule has 0 aliphatic rings. The Kier molecular flexibility index (Phi) is 5.38. The van der Waals surface area contributed by atoms with Gasteiger partial charge in [0.25, 0.3) is 5.91 Å². The van der Waals surface area contributed by atoms with Gasteiger partial charge in [0.1, 0.15) is 17.7 Å². The maximum Gasteiger partial charge on any atom is 0.265 e. The van der Waals surface area contributed by atoms with Crippen molar-refractivity contribution in [3.8, 4) is 0 Å². The number of aromatic nitrogens is 2. The lowest BCUT2D eigenvalue weighted by Gasteiger charge is -2.06. The van der Waals surface area contributed by atoms with Crippen LogP contribution in [0.2, 0.25) is 0 Å². The molecule has 1 rings (SSSR count). The molecule has 0 unspecified atom stereocenters. The van der Waals surface area contributed by atoms with Crippen LogP contribution in [0.4, 0.5) is 5.69 Å². The second-order valence-electron chi connectivity index (χ2n) is 3.95. The topological polar surface area (TPSA) is 79.3 Å². The van der Waals surface area contributed by atoms with E-state index in [2.05, 4.69) is 25.6 Å². The molecule has 98 valence electrons. The molecule has 0 fully saturated rings. The normalized spacial score (nSPS) is 11.4. The lowest BCUT2D eigenvalue weighted by molar-refractivity contribution is -0.114. The number of hydrogen-bond acceptors (Lipinski definition) is 5. The van der Waals surface area contributed by atoms with E-state index in [9.17, 15) is 4.79 Å². The van der Waals surface area contributed by atoms with Gasteiger partial charge in [-0.05, 0) is 27.8 Å². The number of nitrogens with zero attached hydrogens (tertiary/aromatic N) is 3. The Morgan fingerprint density at radius 2 is 1.89 bits per heavy atom. The van der Waals surface area contributed by atoms with Crippen molar-refractivity contribution >= 4 is 17.3 Å². The zero-order valence-corrected chi connectivity index (χ0v) is 11.2. The maximum absolute atomic E-state index is 11.7. The molecule has 6 heteroatoms. The van der Waals surface area contributed by atoms with E-state index in [1.165, 1.54) is 6.33 Å². The third-order valence-electron chi connectivity index (χ3n) is 2.46. The van der Waals surface area contributed by atoms with Crippen molar-refractivity contribution in [3.63, 3.8) is 0 Å². The quantitative estimate of drug-likeness (QED) is 0.589. The first-order valence-corrected chi connectivity index (χ1v) is 5.82. The largest absolute Gasteiger partial charge is 0.350 e. The molecule has 0 radical (unpaired) electrons. The van der Waals surface area contributed by atoms with Gasteiger partial charge >= 0.3 is 0 Å². The van der Waals surface area contributed by atoms with E-state index in [4.69, 9.17) is 0 Å². The van der Waals surface area contributed by atoms with Crippen molar-refractivity contribution in [1.29, 1.82) is 0 Å². The molecule has 0 aromatic carbocycles. The molecular weight excluding hydrogens is 230 g/mol. The molecule has 0 bridgehead atoms. The predicted molar refractivity (Wildman–Crippen MR) is 71.2 cm³/mol. The van der Waals surface area contributed by atoms with Crippen LogP contribution in [-0.4, -0.2) is 41.7 Å². The van der Waals surface area contributed by atoms with Crippen molar-refractivity contribution in [2.24, 2.45) is 4.99 Å². The molecular formula is C12H19N5O. The summed E-state index contributed by atoms with van der Waals surface area (Å²) in [5.41, 5.74) is 2.61. The van der Waals surface area contributed by atoms with E-state index in [1.54, 1.807) is 6.92 Å². The Bertz CT molecular complexity index is 436. The fraction of sp³-hybridized carbons (Fsp3) is 0.500. The molecule has 1 heterocycles. The van der Waals surface area contributed by atoms with Crippen LogP contribution in [0, 0.1) is 13.8 Å². The SMILES string of the molecule is CNCCNC(=O)/C(C)=N/c1c(C)ncnc1C. The Morgan fingerprint density at radius 1 is 1.28 bits per heavy atom. The van der Waals surface area contributed by atoms with E-state index in [1.807, 2.05) is 20.9 Å². The van der Waals surface area contributed by atoms with Crippen LogP contribution >= 0.6 is 0 Å². The number of amides is 1. The van der Waals surface area contributed by atoms with E-state index >= 15 is 0 Å². The summed E-state index contributed by atoms with van der Waals surface area (Å²) < 4.78 is 0. The molecule has 0 saturated carbocycles. The first-order valence-electron chi connectivity index (χ1n) is 5.82. The molecule has 1 aromatic heterocycles. The number of aliphatic imine (C=N–C) groups is 1. The number of carbonyl (C=O) groups excluding carboxylic acids is 1. The summed E-state index contributed by atoms with van der Waals surface area (Å²) in [4.78, 5) is 24.2. The van der Waals surface area contributed by atoms with E-state index < -0.39 is 0 Å². The lowest BCUT2D eigenvalue weighted by Crippen LogP contribution is -2.34. The van der Waals surface area contributed by atoms with Crippen LogP contribution < -0.4 is 10.6 Å². The van der Waals surface area contributed by atoms with Gasteiger partial charge in [-0.25, -0.2) is 15.0 Å². The highest BCUT2D eigenvalue weighted by Crippen LogP contribution is 2.19. The molecule has 0 aliphatic carbocycles. The Morgan fingerprint density at radius 3 is 2.44 bits per heavy atom. The minimum Gasteiger partial charge on any atom is -0.350 e. The van der Waals surface area contributed by atoms with Crippen LogP contribution in [0.3, 0.4) is 0 Å². The molecule has 0 spiro atoms. The monoisotopic (exact) mass is 249 g/mol. The maximum atomic E-state index is 11.7. The summed E-state index contributed by atoms with van der Waals surface area (Å²) in [5, 5.41) is 5.72. The Labute approximate surface area is 107 Å². The lowest BCUT2D eigenvalue weighted by atomic mass is 10.3. The van der Waals surface area contributed by atoms with E-state index in [0.717, 1.165) is 17.9 Å². The van der Waals surface area contributed by atoms with Gasteiger partial charge in [-0.15, -0.1) is 0 Å². The first kappa shape index (κ1) is 14.2. The zero-order chi connectivity index (χ0) is 13.5. The molecule has 0 aliphatic heterocycles. The Balaban J connectivity index is 2.79. The number of carbonyl (C=O) groups is 1. The third-order valence-corrected chi connectivity index (χ3v) is 2.46. The molecule has 6 nitrogen and oxygen atoms in total. The molecule has 0 atom stereocenters. The fourth-order valence-electron chi connectivity index (χ4n) is 1.40. The van der Waals surface area contributed by atoms with Crippen molar-refractivity contribution in [2.75, 3.05) is 20.1 Å². The molecule has 2 N–H and O–H groups in total. The number of rotatable bonds is 5. The number of hydrogen-bond donors (Lipinski definition) is 2. The molecule has 1 amide bonds. The number of nitrogens with one attached hydrogen (secondary N) is 2. The van der Waals surface area contributed by atoms with Gasteiger partial charge in [0.15, 0.2) is 0 Å². The first-order chi connectivity index (χ1) is 8.56. The van der Waals surface area contributed by atoms with Gasteiger partial charge in [0.05, 0.1) is 11.4 Å². The molecule has 18 heavy (non-hydrogen) atoms. The Hall–Kier alpha value is -1.82. The second kappa shape index (κ2) is 6.80. The van der Waals surface area contributed by atoms with Crippen LogP contribution in [-0.2, 0) is 4.79 Å². The summed E-state index contributed by atoms with van der Waals surface area (Å²) in [6.45, 7) is 6.68. The number of likely N-dealkylation sites (N-methyl/N-ethyl adjacent to an activating group) is 1. The number of aryl methyl sites for hydroxylation is 2. The third kappa shape index (κ3) is 3.89. The highest BCUT2D eigenvalue weighted by Gasteiger charge is 2.08. The highest BCUT2D eigenvalue weighted by molar-refractivity contribution is 6.38. The average Bonchev–Trinajstić information content (AvgIpc) is 2.34. The van der Waals surface area contributed by atoms with E-state index in [0.29, 0.717) is 17.9 Å². The second-order valence-corrected chi connectivity index (χ2v) is 3.95. The standard InChI is InChI=1S/C12H19N5O/c1-8-11(9(2)16-7-15-8)17-10(3)12(18)14-6-5-13-4/h7,13H,5-6H2,1-4H3,(H,14,18)/b17-10+. The van der Waals surface area contributed by atoms with Gasteiger partial charge in [-0.1, -0.05) is 0 Å². The fourth-order valence-corrected chi connectivity index (χ4v) is 1.40. The van der Waals surface area contributed by atoms with Crippen LogP contribution in [0.25, 0.3) is 0 Å². The minimum absolute atomic E-state index is 0.173. The minimum atomic E-state index is -0.173. The van der Waals surface area contributed by atoms with Gasteiger partial charge in [-0.3, -0.25) is 4.79 Å². The van der Waals surface area contributed by atoms with Crippen molar-refractivity contribution < 1.29 is 4.79 Å². The zero-order valence-electron chi connectivity index (χ0n) is 11.2. The van der Waals surface area contributed by atoms with Gasteiger partial charge in [0, 0.05) is 13.1 Å². The summed E-state index contributed by atoms with van der Waals surface area (Å²) >= 11 is 0. The highest BCUT2D eigenvalue weighted by atomic mass is 16.1. The summed E-state index contributed by atoms with van der Waals surface area (Å²) in [6, 6.07) is 0. The van der Waals surface area contributed by atoms with Crippen LogP contribution in [0.5, 0.6) is 0 Å². The molecule has 0 saturated heterocycles. The van der Waals surface area contributed by atoms with Gasteiger partial charge in [-0.2, -0.15) is 0 Å².